The van der Waals surface area contributed by atoms with E-state index in [-0.39, 0.29) is 5.75 Å². The SMILES string of the molecule is CC(C)=CCC/C(C)=C\C(O)C1C(C)=CCS1(=O)=O. The van der Waals surface area contributed by atoms with Gasteiger partial charge in [-0.2, -0.15) is 0 Å². The van der Waals surface area contributed by atoms with Gasteiger partial charge in [0.1, 0.15) is 5.25 Å². The normalized spacial score (nSPS) is 23.9. The summed E-state index contributed by atoms with van der Waals surface area (Å²) in [5.74, 6) is 0.0468. The first-order valence-corrected chi connectivity index (χ1v) is 8.32. The van der Waals surface area contributed by atoms with Crippen LogP contribution in [-0.2, 0) is 9.84 Å². The molecule has 3 nitrogen and oxygen atoms in total. The maximum Gasteiger partial charge on any atom is 0.163 e. The van der Waals surface area contributed by atoms with Gasteiger partial charge in [-0.1, -0.05) is 34.9 Å². The van der Waals surface area contributed by atoms with Crippen molar-refractivity contribution in [1.82, 2.24) is 0 Å². The van der Waals surface area contributed by atoms with Gasteiger partial charge >= 0.3 is 0 Å². The highest BCUT2D eigenvalue weighted by Crippen LogP contribution is 2.25. The van der Waals surface area contributed by atoms with Crippen LogP contribution >= 0.6 is 0 Å². The molecule has 4 heteroatoms. The Morgan fingerprint density at radius 2 is 2.11 bits per heavy atom. The first-order chi connectivity index (χ1) is 8.74. The van der Waals surface area contributed by atoms with Gasteiger partial charge in [-0.05, 0) is 40.5 Å². The highest BCUT2D eigenvalue weighted by atomic mass is 32.2. The first-order valence-electron chi connectivity index (χ1n) is 6.61. The summed E-state index contributed by atoms with van der Waals surface area (Å²) in [6, 6.07) is 0. The quantitative estimate of drug-likeness (QED) is 0.790. The lowest BCUT2D eigenvalue weighted by Gasteiger charge is -2.17. The van der Waals surface area contributed by atoms with Crippen LogP contribution in [0.15, 0.2) is 34.9 Å². The summed E-state index contributed by atoms with van der Waals surface area (Å²) in [5, 5.41) is 9.36. The molecule has 2 unspecified atom stereocenters. The van der Waals surface area contributed by atoms with Gasteiger partial charge in [0.05, 0.1) is 11.9 Å². The molecule has 0 aliphatic carbocycles. The van der Waals surface area contributed by atoms with Crippen LogP contribution in [0.2, 0.25) is 0 Å². The second kappa shape index (κ2) is 6.53. The summed E-state index contributed by atoms with van der Waals surface area (Å²) in [4.78, 5) is 0. The van der Waals surface area contributed by atoms with Crippen LogP contribution < -0.4 is 0 Å². The van der Waals surface area contributed by atoms with Crippen LogP contribution in [0.25, 0.3) is 0 Å². The van der Waals surface area contributed by atoms with E-state index in [9.17, 15) is 13.5 Å². The number of aliphatic hydroxyl groups is 1. The molecule has 0 amide bonds. The molecule has 1 heterocycles. The van der Waals surface area contributed by atoms with E-state index in [1.54, 1.807) is 19.1 Å². The minimum absolute atomic E-state index is 0.0468. The van der Waals surface area contributed by atoms with Gasteiger partial charge in [0.25, 0.3) is 0 Å². The Bertz CT molecular complexity index is 506. The molecule has 0 aromatic heterocycles. The van der Waals surface area contributed by atoms with Crippen LogP contribution in [-0.4, -0.2) is 30.6 Å². The molecule has 0 aromatic rings. The first kappa shape index (κ1) is 16.2. The molecule has 0 spiro atoms. The van der Waals surface area contributed by atoms with Crippen molar-refractivity contribution in [3.05, 3.63) is 34.9 Å². The van der Waals surface area contributed by atoms with Gasteiger partial charge in [0.15, 0.2) is 9.84 Å². The number of sulfone groups is 1. The van der Waals surface area contributed by atoms with E-state index in [1.165, 1.54) is 5.57 Å². The van der Waals surface area contributed by atoms with Crippen LogP contribution in [0, 0.1) is 0 Å². The molecule has 0 radical (unpaired) electrons. The van der Waals surface area contributed by atoms with Crippen molar-refractivity contribution >= 4 is 9.84 Å². The Balaban J connectivity index is 2.70. The number of allylic oxidation sites excluding steroid dienone is 3. The monoisotopic (exact) mass is 284 g/mol. The number of aliphatic hydroxyl groups excluding tert-OH is 1. The van der Waals surface area contributed by atoms with E-state index in [4.69, 9.17) is 0 Å². The average Bonchev–Trinajstić information content (AvgIpc) is 2.52. The molecule has 1 aliphatic rings. The zero-order chi connectivity index (χ0) is 14.6. The second-order valence-corrected chi connectivity index (χ2v) is 7.69. The zero-order valence-electron chi connectivity index (χ0n) is 12.2. The van der Waals surface area contributed by atoms with E-state index in [0.717, 1.165) is 24.0 Å². The Morgan fingerprint density at radius 1 is 1.47 bits per heavy atom. The van der Waals surface area contributed by atoms with Crippen molar-refractivity contribution in [2.75, 3.05) is 5.75 Å². The second-order valence-electron chi connectivity index (χ2n) is 5.52. The van der Waals surface area contributed by atoms with Crippen LogP contribution in [0.4, 0.5) is 0 Å². The molecular formula is C15H24O3S. The van der Waals surface area contributed by atoms with Crippen molar-refractivity contribution in [3.63, 3.8) is 0 Å². The number of hydrogen-bond acceptors (Lipinski definition) is 3. The van der Waals surface area contributed by atoms with Crippen molar-refractivity contribution in [2.24, 2.45) is 0 Å². The predicted octanol–water partition coefficient (Wildman–Crippen LogP) is 2.78. The highest BCUT2D eigenvalue weighted by Gasteiger charge is 2.36. The summed E-state index contributed by atoms with van der Waals surface area (Å²) in [6.07, 6.45) is 6.34. The van der Waals surface area contributed by atoms with Gasteiger partial charge in [0, 0.05) is 0 Å². The Kier molecular flexibility index (Phi) is 5.56. The number of rotatable bonds is 5. The maximum atomic E-state index is 11.8. The van der Waals surface area contributed by atoms with E-state index in [0.29, 0.717) is 0 Å². The molecule has 0 fully saturated rings. The van der Waals surface area contributed by atoms with Crippen molar-refractivity contribution in [1.29, 1.82) is 0 Å². The summed E-state index contributed by atoms with van der Waals surface area (Å²) in [6.45, 7) is 7.80. The summed E-state index contributed by atoms with van der Waals surface area (Å²) >= 11 is 0. The molecule has 19 heavy (non-hydrogen) atoms. The minimum Gasteiger partial charge on any atom is -0.387 e. The summed E-state index contributed by atoms with van der Waals surface area (Å²) < 4.78 is 23.7. The molecule has 0 bridgehead atoms. The fourth-order valence-corrected chi connectivity index (χ4v) is 4.15. The van der Waals surface area contributed by atoms with Crippen LogP contribution in [0.3, 0.4) is 0 Å². The third-order valence-electron chi connectivity index (χ3n) is 3.33. The molecular weight excluding hydrogens is 260 g/mol. The molecule has 0 saturated carbocycles. The Morgan fingerprint density at radius 3 is 2.58 bits per heavy atom. The fraction of sp³-hybridized carbons (Fsp3) is 0.600. The molecule has 1 aliphatic heterocycles. The van der Waals surface area contributed by atoms with Crippen molar-refractivity contribution in [3.8, 4) is 0 Å². The molecule has 1 rings (SSSR count). The van der Waals surface area contributed by atoms with Crippen LogP contribution in [0.5, 0.6) is 0 Å². The topological polar surface area (TPSA) is 54.4 Å². The number of hydrogen-bond donors (Lipinski definition) is 1. The van der Waals surface area contributed by atoms with Gasteiger partial charge in [-0.15, -0.1) is 0 Å². The largest absolute Gasteiger partial charge is 0.387 e. The maximum absolute atomic E-state index is 11.8. The predicted molar refractivity (Wildman–Crippen MR) is 79.8 cm³/mol. The zero-order valence-corrected chi connectivity index (χ0v) is 13.0. The van der Waals surface area contributed by atoms with Crippen molar-refractivity contribution in [2.45, 2.75) is 51.9 Å². The summed E-state index contributed by atoms with van der Waals surface area (Å²) in [7, 11) is -3.21. The third-order valence-corrected chi connectivity index (χ3v) is 5.39. The van der Waals surface area contributed by atoms with Crippen LogP contribution in [0.1, 0.15) is 40.5 Å². The smallest absolute Gasteiger partial charge is 0.163 e. The van der Waals surface area contributed by atoms with Crippen molar-refractivity contribution < 1.29 is 13.5 Å². The van der Waals surface area contributed by atoms with Gasteiger partial charge in [-0.25, -0.2) is 8.42 Å². The molecule has 108 valence electrons. The average molecular weight is 284 g/mol. The molecule has 0 aromatic carbocycles. The van der Waals surface area contributed by atoms with E-state index in [1.807, 2.05) is 20.8 Å². The van der Waals surface area contributed by atoms with Gasteiger partial charge in [-0.3, -0.25) is 0 Å². The lowest BCUT2D eigenvalue weighted by molar-refractivity contribution is 0.225. The van der Waals surface area contributed by atoms with Gasteiger partial charge < -0.3 is 5.11 Å². The fourth-order valence-electron chi connectivity index (χ4n) is 2.28. The molecule has 0 saturated heterocycles. The lowest BCUT2D eigenvalue weighted by Crippen LogP contribution is -2.31. The van der Waals surface area contributed by atoms with E-state index < -0.39 is 21.2 Å². The summed E-state index contributed by atoms with van der Waals surface area (Å²) in [5.41, 5.74) is 3.05. The van der Waals surface area contributed by atoms with E-state index >= 15 is 0 Å². The minimum atomic E-state index is -3.21. The highest BCUT2D eigenvalue weighted by molar-refractivity contribution is 7.92. The molecule has 1 N–H and O–H groups in total. The standard InChI is InChI=1S/C15H24O3S/c1-11(2)6-5-7-12(3)10-14(16)15-13(4)8-9-19(15,17)18/h6,8,10,14-16H,5,7,9H2,1-4H3/b12-10-. The van der Waals surface area contributed by atoms with E-state index in [2.05, 4.69) is 6.08 Å². The lowest BCUT2D eigenvalue weighted by atomic mass is 10.0. The van der Waals surface area contributed by atoms with Gasteiger partial charge in [0.2, 0.25) is 0 Å². The third kappa shape index (κ3) is 4.62. The Labute approximate surface area is 116 Å². The Hall–Kier alpha value is -0.870. The molecule has 2 atom stereocenters.